The van der Waals surface area contributed by atoms with Gasteiger partial charge in [-0.15, -0.1) is 0 Å². The minimum absolute atomic E-state index is 0.0262. The summed E-state index contributed by atoms with van der Waals surface area (Å²) in [5.41, 5.74) is 2.62. The van der Waals surface area contributed by atoms with Gasteiger partial charge in [0.2, 0.25) is 0 Å². The minimum atomic E-state index is -2.94. The highest BCUT2D eigenvalue weighted by Crippen LogP contribution is 2.08. The zero-order chi connectivity index (χ0) is 11.9. The fourth-order valence-corrected chi connectivity index (χ4v) is 2.13. The maximum Gasteiger partial charge on any atom is 0.147 e. The van der Waals surface area contributed by atoms with Gasteiger partial charge in [-0.3, -0.25) is 11.3 Å². The van der Waals surface area contributed by atoms with E-state index >= 15 is 0 Å². The molecule has 3 N–H and O–H groups in total. The van der Waals surface area contributed by atoms with E-state index in [0.717, 1.165) is 6.42 Å². The fraction of sp³-hybridized carbons (Fsp3) is 1.00. The molecule has 0 bridgehead atoms. The molecule has 0 rings (SSSR count). The van der Waals surface area contributed by atoms with Crippen molar-refractivity contribution >= 4 is 9.84 Å². The lowest BCUT2D eigenvalue weighted by molar-refractivity contribution is 0.0311. The van der Waals surface area contributed by atoms with Crippen LogP contribution in [0.5, 0.6) is 0 Å². The van der Waals surface area contributed by atoms with E-state index in [1.165, 1.54) is 6.26 Å². The van der Waals surface area contributed by atoms with Crippen molar-refractivity contribution in [2.24, 2.45) is 5.84 Å². The predicted molar refractivity (Wildman–Crippen MR) is 61.1 cm³/mol. The van der Waals surface area contributed by atoms with Crippen LogP contribution in [0.2, 0.25) is 0 Å². The molecule has 0 fully saturated rings. The first-order chi connectivity index (χ1) is 6.94. The molecule has 0 aliphatic heterocycles. The summed E-state index contributed by atoms with van der Waals surface area (Å²) in [4.78, 5) is 0. The number of hydrogen-bond acceptors (Lipinski definition) is 5. The molecule has 0 aliphatic rings. The first-order valence-electron chi connectivity index (χ1n) is 5.20. The summed E-state index contributed by atoms with van der Waals surface area (Å²) >= 11 is 0. The second kappa shape index (κ2) is 7.16. The van der Waals surface area contributed by atoms with Crippen molar-refractivity contribution in [1.82, 2.24) is 5.43 Å². The SMILES string of the molecule is CCOC(CC)C(CCS(C)(=O)=O)NN. The Morgan fingerprint density at radius 1 is 1.40 bits per heavy atom. The Morgan fingerprint density at radius 2 is 2.00 bits per heavy atom. The van der Waals surface area contributed by atoms with Crippen LogP contribution in [-0.4, -0.2) is 39.2 Å². The van der Waals surface area contributed by atoms with Gasteiger partial charge in [-0.05, 0) is 19.8 Å². The second-order valence-electron chi connectivity index (χ2n) is 3.59. The van der Waals surface area contributed by atoms with Crippen molar-refractivity contribution in [1.29, 1.82) is 0 Å². The number of nitrogens with one attached hydrogen (secondary N) is 1. The molecule has 6 heteroatoms. The normalized spacial score (nSPS) is 16.3. The van der Waals surface area contributed by atoms with E-state index in [1.807, 2.05) is 13.8 Å². The van der Waals surface area contributed by atoms with Crippen molar-refractivity contribution in [2.45, 2.75) is 38.8 Å². The van der Waals surface area contributed by atoms with Crippen LogP contribution in [0, 0.1) is 0 Å². The summed E-state index contributed by atoms with van der Waals surface area (Å²) in [6, 6.07) is -0.107. The molecule has 92 valence electrons. The third kappa shape index (κ3) is 6.83. The Hall–Kier alpha value is -0.170. The van der Waals surface area contributed by atoms with Crippen LogP contribution < -0.4 is 11.3 Å². The monoisotopic (exact) mass is 238 g/mol. The van der Waals surface area contributed by atoms with Gasteiger partial charge in [-0.1, -0.05) is 6.92 Å². The number of hydrazine groups is 1. The van der Waals surface area contributed by atoms with Crippen LogP contribution in [0.3, 0.4) is 0 Å². The van der Waals surface area contributed by atoms with Gasteiger partial charge in [-0.25, -0.2) is 8.42 Å². The van der Waals surface area contributed by atoms with E-state index in [4.69, 9.17) is 10.6 Å². The highest BCUT2D eigenvalue weighted by atomic mass is 32.2. The van der Waals surface area contributed by atoms with Crippen molar-refractivity contribution in [3.05, 3.63) is 0 Å². The number of sulfone groups is 1. The molecule has 0 spiro atoms. The van der Waals surface area contributed by atoms with Gasteiger partial charge in [0.05, 0.1) is 11.9 Å². The zero-order valence-electron chi connectivity index (χ0n) is 9.69. The lowest BCUT2D eigenvalue weighted by Crippen LogP contribution is -2.46. The largest absolute Gasteiger partial charge is 0.377 e. The first kappa shape index (κ1) is 14.8. The molecule has 0 aromatic carbocycles. The highest BCUT2D eigenvalue weighted by Gasteiger charge is 2.20. The fourth-order valence-electron chi connectivity index (χ4n) is 1.45. The number of hydrogen-bond donors (Lipinski definition) is 2. The standard InChI is InChI=1S/C9H22N2O3S/c1-4-9(14-5-2)8(11-10)6-7-15(3,12)13/h8-9,11H,4-7,10H2,1-3H3. The summed E-state index contributed by atoms with van der Waals surface area (Å²) in [7, 11) is -2.94. The maximum absolute atomic E-state index is 11.0. The molecular weight excluding hydrogens is 216 g/mol. The van der Waals surface area contributed by atoms with E-state index in [2.05, 4.69) is 5.43 Å². The average Bonchev–Trinajstić information content (AvgIpc) is 2.15. The van der Waals surface area contributed by atoms with Crippen molar-refractivity contribution < 1.29 is 13.2 Å². The van der Waals surface area contributed by atoms with Crippen molar-refractivity contribution in [3.63, 3.8) is 0 Å². The Kier molecular flexibility index (Phi) is 7.08. The first-order valence-corrected chi connectivity index (χ1v) is 7.26. The lowest BCUT2D eigenvalue weighted by atomic mass is 10.1. The summed E-state index contributed by atoms with van der Waals surface area (Å²) < 4.78 is 27.5. The molecule has 2 unspecified atom stereocenters. The van der Waals surface area contributed by atoms with E-state index in [0.29, 0.717) is 13.0 Å². The van der Waals surface area contributed by atoms with Gasteiger partial charge >= 0.3 is 0 Å². The average molecular weight is 238 g/mol. The Bertz CT molecular complexity index is 254. The van der Waals surface area contributed by atoms with E-state index in [1.54, 1.807) is 0 Å². The summed E-state index contributed by atoms with van der Waals surface area (Å²) in [5.74, 6) is 5.51. The zero-order valence-corrected chi connectivity index (χ0v) is 10.5. The third-order valence-electron chi connectivity index (χ3n) is 2.25. The van der Waals surface area contributed by atoms with Gasteiger partial charge < -0.3 is 4.74 Å². The number of rotatable bonds is 8. The van der Waals surface area contributed by atoms with E-state index in [-0.39, 0.29) is 17.9 Å². The third-order valence-corrected chi connectivity index (χ3v) is 3.22. The molecule has 2 atom stereocenters. The number of nitrogens with two attached hydrogens (primary N) is 1. The quantitative estimate of drug-likeness (QED) is 0.462. The van der Waals surface area contributed by atoms with Crippen LogP contribution in [0.15, 0.2) is 0 Å². The molecule has 0 saturated heterocycles. The van der Waals surface area contributed by atoms with E-state index < -0.39 is 9.84 Å². The second-order valence-corrected chi connectivity index (χ2v) is 5.85. The van der Waals surface area contributed by atoms with Crippen molar-refractivity contribution in [2.75, 3.05) is 18.6 Å². The molecule has 0 aromatic rings. The molecule has 15 heavy (non-hydrogen) atoms. The molecule has 0 aromatic heterocycles. The van der Waals surface area contributed by atoms with Crippen LogP contribution >= 0.6 is 0 Å². The summed E-state index contributed by atoms with van der Waals surface area (Å²) in [6.45, 7) is 4.51. The van der Waals surface area contributed by atoms with Crippen LogP contribution in [0.1, 0.15) is 26.7 Å². The van der Waals surface area contributed by atoms with Gasteiger partial charge in [0.25, 0.3) is 0 Å². The highest BCUT2D eigenvalue weighted by molar-refractivity contribution is 7.90. The van der Waals surface area contributed by atoms with Gasteiger partial charge in [0, 0.05) is 18.9 Å². The molecule has 0 amide bonds. The Balaban J connectivity index is 4.21. The summed E-state index contributed by atoms with van der Waals surface area (Å²) in [5, 5.41) is 0. The number of ether oxygens (including phenoxy) is 1. The Labute approximate surface area is 92.3 Å². The Morgan fingerprint density at radius 3 is 2.33 bits per heavy atom. The van der Waals surface area contributed by atoms with Crippen LogP contribution in [0.4, 0.5) is 0 Å². The molecule has 0 aliphatic carbocycles. The van der Waals surface area contributed by atoms with Crippen LogP contribution in [-0.2, 0) is 14.6 Å². The predicted octanol–water partition coefficient (Wildman–Crippen LogP) is 0.0681. The van der Waals surface area contributed by atoms with Crippen LogP contribution in [0.25, 0.3) is 0 Å². The molecular formula is C9H22N2O3S. The maximum atomic E-state index is 11.0. The summed E-state index contributed by atoms with van der Waals surface area (Å²) in [6.07, 6.45) is 2.49. The van der Waals surface area contributed by atoms with Gasteiger partial charge in [-0.2, -0.15) is 0 Å². The lowest BCUT2D eigenvalue weighted by Gasteiger charge is -2.25. The smallest absolute Gasteiger partial charge is 0.147 e. The topological polar surface area (TPSA) is 81.4 Å². The molecule has 0 saturated carbocycles. The molecule has 5 nitrogen and oxygen atoms in total. The molecule has 0 radical (unpaired) electrons. The van der Waals surface area contributed by atoms with Gasteiger partial charge in [0.15, 0.2) is 0 Å². The van der Waals surface area contributed by atoms with E-state index in [9.17, 15) is 8.42 Å². The van der Waals surface area contributed by atoms with Crippen molar-refractivity contribution in [3.8, 4) is 0 Å². The molecule has 0 heterocycles. The minimum Gasteiger partial charge on any atom is -0.377 e. The van der Waals surface area contributed by atoms with Gasteiger partial charge in [0.1, 0.15) is 9.84 Å².